The van der Waals surface area contributed by atoms with Crippen LogP contribution in [0, 0.1) is 0 Å². The number of nitrogens with zero attached hydrogens (tertiary/aromatic N) is 1. The van der Waals surface area contributed by atoms with E-state index < -0.39 is 29.7 Å². The van der Waals surface area contributed by atoms with Crippen molar-refractivity contribution in [2.75, 3.05) is 44.8 Å². The van der Waals surface area contributed by atoms with E-state index in [-0.39, 0.29) is 30.1 Å². The first-order chi connectivity index (χ1) is 15.1. The molecule has 3 N–H and O–H groups in total. The second-order valence-corrected chi connectivity index (χ2v) is 7.73. The minimum atomic E-state index is -0.970. The lowest BCUT2D eigenvalue weighted by molar-refractivity contribution is -0.136. The van der Waals surface area contributed by atoms with Crippen LogP contribution in [0.4, 0.5) is 5.69 Å². The number of carbonyl (C=O) groups excluding carboxylic acids is 4. The first-order valence-corrected chi connectivity index (χ1v) is 10.5. The molecule has 31 heavy (non-hydrogen) atoms. The van der Waals surface area contributed by atoms with Gasteiger partial charge in [0.05, 0.1) is 30.4 Å². The van der Waals surface area contributed by atoms with E-state index in [2.05, 4.69) is 16.0 Å². The van der Waals surface area contributed by atoms with Gasteiger partial charge in [-0.05, 0) is 25.0 Å². The molecule has 3 aliphatic heterocycles. The van der Waals surface area contributed by atoms with E-state index in [1.54, 1.807) is 18.2 Å². The largest absolute Gasteiger partial charge is 0.384 e. The summed E-state index contributed by atoms with van der Waals surface area (Å²) in [5, 5.41) is 8.65. The highest BCUT2D eigenvalue weighted by Crippen LogP contribution is 2.32. The molecule has 2 saturated heterocycles. The Labute approximate surface area is 179 Å². The maximum Gasteiger partial charge on any atom is 0.264 e. The molecular weight excluding hydrogens is 404 g/mol. The summed E-state index contributed by atoms with van der Waals surface area (Å²) < 4.78 is 11.2. The van der Waals surface area contributed by atoms with Crippen LogP contribution in [0.25, 0.3) is 0 Å². The molecule has 0 aromatic heterocycles. The average molecular weight is 430 g/mol. The Hall–Kier alpha value is -2.82. The first-order valence-electron chi connectivity index (χ1n) is 10.5. The van der Waals surface area contributed by atoms with Gasteiger partial charge in [-0.1, -0.05) is 6.07 Å². The van der Waals surface area contributed by atoms with E-state index in [1.807, 2.05) is 0 Å². The van der Waals surface area contributed by atoms with Gasteiger partial charge >= 0.3 is 0 Å². The summed E-state index contributed by atoms with van der Waals surface area (Å²) in [4.78, 5) is 50.4. The summed E-state index contributed by atoms with van der Waals surface area (Å²) >= 11 is 0. The molecule has 1 unspecified atom stereocenters. The number of benzene rings is 1. The van der Waals surface area contributed by atoms with Crippen LogP contribution in [0.5, 0.6) is 0 Å². The number of nitrogens with one attached hydrogen (secondary N) is 3. The number of ether oxygens (including phenoxy) is 2. The van der Waals surface area contributed by atoms with Crippen LogP contribution >= 0.6 is 0 Å². The zero-order valence-electron chi connectivity index (χ0n) is 17.1. The third-order valence-electron chi connectivity index (χ3n) is 5.56. The molecule has 0 aliphatic carbocycles. The van der Waals surface area contributed by atoms with Crippen molar-refractivity contribution in [3.8, 4) is 0 Å². The first kappa shape index (κ1) is 21.4. The molecule has 2 atom stereocenters. The Morgan fingerprint density at radius 1 is 1.19 bits per heavy atom. The van der Waals surface area contributed by atoms with Gasteiger partial charge in [0.15, 0.2) is 0 Å². The van der Waals surface area contributed by atoms with E-state index >= 15 is 0 Å². The highest BCUT2D eigenvalue weighted by molar-refractivity contribution is 6.25. The molecule has 3 heterocycles. The van der Waals surface area contributed by atoms with Crippen LogP contribution in [0.15, 0.2) is 18.2 Å². The third kappa shape index (κ3) is 4.60. The standard InChI is InChI=1S/C21H26N4O6/c26-17-6-5-16(19(27)24-17)25-20(28)14-3-1-4-15(18(14)21(25)29)23-7-2-9-30-12-13-11-22-8-10-31-13/h1,3-4,13,16,22-23H,2,5-12H2,(H,24,26,27)/t13-,16?/m1/s1. The highest BCUT2D eigenvalue weighted by Gasteiger charge is 2.45. The minimum Gasteiger partial charge on any atom is -0.384 e. The van der Waals surface area contributed by atoms with Crippen LogP contribution in [0.1, 0.15) is 40.0 Å². The van der Waals surface area contributed by atoms with E-state index in [1.165, 1.54) is 0 Å². The SMILES string of the molecule is O=C1CCC(N2C(=O)c3cccc(NCCCOC[C@H]4CNCCO4)c3C2=O)C(=O)N1. The summed E-state index contributed by atoms with van der Waals surface area (Å²) in [6.07, 6.45) is 1.01. The number of rotatable bonds is 8. The van der Waals surface area contributed by atoms with Crippen molar-refractivity contribution in [2.45, 2.75) is 31.4 Å². The lowest BCUT2D eigenvalue weighted by Gasteiger charge is -2.27. The summed E-state index contributed by atoms with van der Waals surface area (Å²) in [5.74, 6) is -2.04. The van der Waals surface area contributed by atoms with Crippen molar-refractivity contribution >= 4 is 29.3 Å². The molecule has 0 saturated carbocycles. The lowest BCUT2D eigenvalue weighted by atomic mass is 10.0. The van der Waals surface area contributed by atoms with Crippen molar-refractivity contribution in [1.82, 2.24) is 15.5 Å². The van der Waals surface area contributed by atoms with Crippen LogP contribution in [-0.4, -0.2) is 80.1 Å². The van der Waals surface area contributed by atoms with Gasteiger partial charge in [0.2, 0.25) is 11.8 Å². The summed E-state index contributed by atoms with van der Waals surface area (Å²) in [6.45, 7) is 3.97. The number of hydrogen-bond donors (Lipinski definition) is 3. The number of hydrogen-bond acceptors (Lipinski definition) is 8. The molecule has 3 aliphatic rings. The van der Waals surface area contributed by atoms with Crippen LogP contribution in [-0.2, 0) is 19.1 Å². The minimum absolute atomic E-state index is 0.0704. The summed E-state index contributed by atoms with van der Waals surface area (Å²) in [6, 6.07) is 4.04. The van der Waals surface area contributed by atoms with Crippen molar-refractivity contribution in [2.24, 2.45) is 0 Å². The molecule has 1 aromatic rings. The fraction of sp³-hybridized carbons (Fsp3) is 0.524. The normalized spacial score (nSPS) is 23.7. The van der Waals surface area contributed by atoms with E-state index in [0.717, 1.165) is 18.0 Å². The number of carbonyl (C=O) groups is 4. The van der Waals surface area contributed by atoms with Gasteiger partial charge in [0.25, 0.3) is 11.8 Å². The molecule has 4 amide bonds. The maximum atomic E-state index is 13.0. The molecule has 0 radical (unpaired) electrons. The van der Waals surface area contributed by atoms with E-state index in [9.17, 15) is 19.2 Å². The average Bonchev–Trinajstić information content (AvgIpc) is 3.02. The molecule has 10 nitrogen and oxygen atoms in total. The van der Waals surface area contributed by atoms with Crippen molar-refractivity contribution < 1.29 is 28.7 Å². The predicted molar refractivity (Wildman–Crippen MR) is 110 cm³/mol. The van der Waals surface area contributed by atoms with Gasteiger partial charge in [-0.15, -0.1) is 0 Å². The molecule has 2 fully saturated rings. The Morgan fingerprint density at radius 2 is 2.06 bits per heavy atom. The Kier molecular flexibility index (Phi) is 6.59. The number of anilines is 1. The predicted octanol–water partition coefficient (Wildman–Crippen LogP) is -0.105. The molecule has 0 bridgehead atoms. The molecule has 0 spiro atoms. The number of piperidine rings is 1. The zero-order chi connectivity index (χ0) is 21.8. The van der Waals surface area contributed by atoms with E-state index in [0.29, 0.717) is 38.5 Å². The van der Waals surface area contributed by atoms with Gasteiger partial charge in [0, 0.05) is 38.3 Å². The topological polar surface area (TPSA) is 126 Å². The quantitative estimate of drug-likeness (QED) is 0.385. The third-order valence-corrected chi connectivity index (χ3v) is 5.56. The van der Waals surface area contributed by atoms with Crippen molar-refractivity contribution in [3.63, 3.8) is 0 Å². The fourth-order valence-corrected chi connectivity index (χ4v) is 4.00. The van der Waals surface area contributed by atoms with E-state index in [4.69, 9.17) is 9.47 Å². The molecule has 166 valence electrons. The van der Waals surface area contributed by atoms with Gasteiger partial charge in [-0.2, -0.15) is 0 Å². The van der Waals surface area contributed by atoms with Crippen LogP contribution < -0.4 is 16.0 Å². The van der Waals surface area contributed by atoms with Crippen molar-refractivity contribution in [1.29, 1.82) is 0 Å². The monoisotopic (exact) mass is 430 g/mol. The zero-order valence-corrected chi connectivity index (χ0v) is 17.1. The van der Waals surface area contributed by atoms with Crippen LogP contribution in [0.3, 0.4) is 0 Å². The Bertz CT molecular complexity index is 883. The molecule has 1 aromatic carbocycles. The lowest BCUT2D eigenvalue weighted by Crippen LogP contribution is -2.54. The second-order valence-electron chi connectivity index (χ2n) is 7.73. The van der Waals surface area contributed by atoms with Gasteiger partial charge in [-0.3, -0.25) is 29.4 Å². The molecule has 4 rings (SSSR count). The van der Waals surface area contributed by atoms with Gasteiger partial charge < -0.3 is 20.1 Å². The number of amides is 4. The van der Waals surface area contributed by atoms with Crippen molar-refractivity contribution in [3.05, 3.63) is 29.3 Å². The number of morpholine rings is 1. The smallest absolute Gasteiger partial charge is 0.264 e. The second kappa shape index (κ2) is 9.54. The Morgan fingerprint density at radius 3 is 2.84 bits per heavy atom. The van der Waals surface area contributed by atoms with Gasteiger partial charge in [-0.25, -0.2) is 0 Å². The molecule has 10 heteroatoms. The van der Waals surface area contributed by atoms with Gasteiger partial charge in [0.1, 0.15) is 6.04 Å². The highest BCUT2D eigenvalue weighted by atomic mass is 16.5. The molecular formula is C21H26N4O6. The summed E-state index contributed by atoms with van der Waals surface area (Å²) in [7, 11) is 0. The number of imide groups is 2. The maximum absolute atomic E-state index is 13.0. The van der Waals surface area contributed by atoms with Crippen LogP contribution in [0.2, 0.25) is 0 Å². The summed E-state index contributed by atoms with van der Waals surface area (Å²) in [5.41, 5.74) is 1.07. The number of fused-ring (bicyclic) bond motifs is 1. The Balaban J connectivity index is 1.33. The fourth-order valence-electron chi connectivity index (χ4n) is 4.00.